The molecule has 1 aromatic carbocycles. The summed E-state index contributed by atoms with van der Waals surface area (Å²) < 4.78 is 6.89. The highest BCUT2D eigenvalue weighted by Gasteiger charge is 2.23. The number of methoxy groups -OCH3 is 1. The molecule has 0 radical (unpaired) electrons. The standard InChI is InChI=1S/C15H10ClN7O3S/c1-26-9-4-2-3-8(5-9)10-6-27-15-20-14(21-22(10)15)19-13-11(23(24)25)12(16)17-7-18-13/h2-7H,1H3,(H,17,18,19,21). The number of nitrogens with zero attached hydrogens (tertiary/aromatic N) is 6. The molecule has 0 saturated heterocycles. The van der Waals surface area contributed by atoms with Crippen molar-refractivity contribution in [1.29, 1.82) is 0 Å². The third-order valence-electron chi connectivity index (χ3n) is 3.64. The van der Waals surface area contributed by atoms with E-state index in [0.29, 0.717) is 4.96 Å². The second-order valence-corrected chi connectivity index (χ2v) is 6.42. The molecule has 0 aliphatic carbocycles. The molecule has 10 nitrogen and oxygen atoms in total. The number of nitro groups is 1. The minimum absolute atomic E-state index is 0.0822. The monoisotopic (exact) mass is 403 g/mol. The maximum Gasteiger partial charge on any atom is 0.348 e. The molecule has 0 spiro atoms. The number of aromatic nitrogens is 5. The van der Waals surface area contributed by atoms with Gasteiger partial charge in [-0.2, -0.15) is 4.98 Å². The molecule has 0 aliphatic rings. The Morgan fingerprint density at radius 3 is 3.00 bits per heavy atom. The van der Waals surface area contributed by atoms with Crippen LogP contribution in [0.4, 0.5) is 17.5 Å². The van der Waals surface area contributed by atoms with Gasteiger partial charge in [0.15, 0.2) is 0 Å². The third-order valence-corrected chi connectivity index (χ3v) is 4.73. The molecule has 0 unspecified atom stereocenters. The Bertz CT molecular complexity index is 1160. The van der Waals surface area contributed by atoms with Crippen LogP contribution in [0.15, 0.2) is 36.0 Å². The molecule has 12 heteroatoms. The lowest BCUT2D eigenvalue weighted by Gasteiger charge is -2.03. The van der Waals surface area contributed by atoms with Crippen molar-refractivity contribution < 1.29 is 9.66 Å². The first-order valence-electron chi connectivity index (χ1n) is 7.47. The smallest absolute Gasteiger partial charge is 0.348 e. The van der Waals surface area contributed by atoms with Crippen LogP contribution in [0.5, 0.6) is 5.75 Å². The van der Waals surface area contributed by atoms with Crippen LogP contribution in [-0.2, 0) is 0 Å². The van der Waals surface area contributed by atoms with E-state index >= 15 is 0 Å². The predicted molar refractivity (Wildman–Crippen MR) is 99.8 cm³/mol. The molecule has 4 aromatic rings. The average Bonchev–Trinajstić information content (AvgIpc) is 3.21. The van der Waals surface area contributed by atoms with E-state index in [1.54, 1.807) is 11.6 Å². The van der Waals surface area contributed by atoms with E-state index in [1.165, 1.54) is 11.3 Å². The molecular formula is C15H10ClN7O3S. The summed E-state index contributed by atoms with van der Waals surface area (Å²) >= 11 is 7.18. The summed E-state index contributed by atoms with van der Waals surface area (Å²) in [5.74, 6) is 0.793. The highest BCUT2D eigenvalue weighted by atomic mass is 35.5. The van der Waals surface area contributed by atoms with Gasteiger partial charge in [-0.1, -0.05) is 23.7 Å². The Morgan fingerprint density at radius 2 is 2.22 bits per heavy atom. The summed E-state index contributed by atoms with van der Waals surface area (Å²) in [6.07, 6.45) is 1.12. The van der Waals surface area contributed by atoms with Crippen LogP contribution in [0.3, 0.4) is 0 Å². The maximum absolute atomic E-state index is 11.2. The first kappa shape index (κ1) is 17.1. The van der Waals surface area contributed by atoms with Crippen molar-refractivity contribution in [2.45, 2.75) is 0 Å². The van der Waals surface area contributed by atoms with Gasteiger partial charge in [0.05, 0.1) is 17.7 Å². The van der Waals surface area contributed by atoms with Gasteiger partial charge >= 0.3 is 5.69 Å². The van der Waals surface area contributed by atoms with E-state index in [9.17, 15) is 10.1 Å². The highest BCUT2D eigenvalue weighted by Crippen LogP contribution is 2.32. The van der Waals surface area contributed by atoms with E-state index in [-0.39, 0.29) is 16.9 Å². The van der Waals surface area contributed by atoms with Gasteiger partial charge in [-0.25, -0.2) is 14.5 Å². The zero-order valence-electron chi connectivity index (χ0n) is 13.7. The lowest BCUT2D eigenvalue weighted by molar-refractivity contribution is -0.384. The Balaban J connectivity index is 1.73. The number of hydrogen-bond acceptors (Lipinski definition) is 9. The normalized spacial score (nSPS) is 10.9. The lowest BCUT2D eigenvalue weighted by atomic mass is 10.2. The van der Waals surface area contributed by atoms with Crippen molar-refractivity contribution in [2.75, 3.05) is 12.4 Å². The number of rotatable bonds is 5. The zero-order valence-corrected chi connectivity index (χ0v) is 15.2. The molecule has 0 bridgehead atoms. The lowest BCUT2D eigenvalue weighted by Crippen LogP contribution is -2.03. The van der Waals surface area contributed by atoms with E-state index < -0.39 is 10.6 Å². The minimum atomic E-state index is -0.662. The topological polar surface area (TPSA) is 120 Å². The van der Waals surface area contributed by atoms with Crippen molar-refractivity contribution in [3.8, 4) is 17.0 Å². The number of hydrogen-bond donors (Lipinski definition) is 1. The summed E-state index contributed by atoms with van der Waals surface area (Å²) in [7, 11) is 1.60. The van der Waals surface area contributed by atoms with E-state index in [2.05, 4.69) is 25.4 Å². The summed E-state index contributed by atoms with van der Waals surface area (Å²) in [6, 6.07) is 7.53. The maximum atomic E-state index is 11.2. The number of ether oxygens (including phenoxy) is 1. The number of fused-ring (bicyclic) bond motifs is 1. The quantitative estimate of drug-likeness (QED) is 0.305. The third kappa shape index (κ3) is 3.13. The van der Waals surface area contributed by atoms with Gasteiger partial charge < -0.3 is 10.1 Å². The molecule has 1 N–H and O–H groups in total. The molecule has 3 aromatic heterocycles. The predicted octanol–water partition coefficient (Wildman–Crippen LogP) is 3.56. The average molecular weight is 404 g/mol. The number of anilines is 2. The molecule has 0 atom stereocenters. The van der Waals surface area contributed by atoms with Gasteiger partial charge in [0, 0.05) is 10.9 Å². The second-order valence-electron chi connectivity index (χ2n) is 5.23. The number of nitrogens with one attached hydrogen (secondary N) is 1. The first-order chi connectivity index (χ1) is 13.1. The summed E-state index contributed by atoms with van der Waals surface area (Å²) in [6.45, 7) is 0. The second kappa shape index (κ2) is 6.78. The van der Waals surface area contributed by atoms with Crippen LogP contribution in [0.25, 0.3) is 16.2 Å². The molecule has 3 heterocycles. The molecular weight excluding hydrogens is 394 g/mol. The fourth-order valence-corrected chi connectivity index (χ4v) is 3.46. The van der Waals surface area contributed by atoms with Gasteiger partial charge in [0.25, 0.3) is 0 Å². The SMILES string of the molecule is COc1cccc(-c2csc3nc(Nc4ncnc(Cl)c4[N+](=O)[O-])nn23)c1. The van der Waals surface area contributed by atoms with Gasteiger partial charge in [-0.3, -0.25) is 10.1 Å². The Kier molecular flexibility index (Phi) is 4.30. The zero-order chi connectivity index (χ0) is 19.0. The summed E-state index contributed by atoms with van der Waals surface area (Å²) in [5.41, 5.74) is 1.27. The van der Waals surface area contributed by atoms with E-state index in [0.717, 1.165) is 23.3 Å². The Morgan fingerprint density at radius 1 is 1.37 bits per heavy atom. The van der Waals surface area contributed by atoms with Crippen molar-refractivity contribution in [3.05, 3.63) is 51.2 Å². The van der Waals surface area contributed by atoms with Crippen LogP contribution in [0.1, 0.15) is 0 Å². The van der Waals surface area contributed by atoms with E-state index in [4.69, 9.17) is 16.3 Å². The van der Waals surface area contributed by atoms with Crippen LogP contribution in [-0.4, -0.2) is 36.6 Å². The summed E-state index contributed by atoms with van der Waals surface area (Å²) in [5, 5.41) is 19.9. The van der Waals surface area contributed by atoms with Crippen molar-refractivity contribution in [2.24, 2.45) is 0 Å². The van der Waals surface area contributed by atoms with Crippen LogP contribution in [0.2, 0.25) is 5.15 Å². The summed E-state index contributed by atoms with van der Waals surface area (Å²) in [4.78, 5) is 23.0. The van der Waals surface area contributed by atoms with Gasteiger partial charge in [-0.05, 0) is 12.1 Å². The molecule has 0 saturated carbocycles. The molecule has 4 rings (SSSR count). The van der Waals surface area contributed by atoms with Gasteiger partial charge in [0.2, 0.25) is 21.9 Å². The van der Waals surface area contributed by atoms with Crippen molar-refractivity contribution >= 4 is 45.4 Å². The highest BCUT2D eigenvalue weighted by molar-refractivity contribution is 7.15. The van der Waals surface area contributed by atoms with Crippen molar-refractivity contribution in [1.82, 2.24) is 24.6 Å². The van der Waals surface area contributed by atoms with Crippen LogP contribution in [0, 0.1) is 10.1 Å². The van der Waals surface area contributed by atoms with Crippen LogP contribution >= 0.6 is 22.9 Å². The van der Waals surface area contributed by atoms with Crippen LogP contribution < -0.4 is 10.1 Å². The minimum Gasteiger partial charge on any atom is -0.497 e. The Hall–Kier alpha value is -3.31. The Labute approximate surface area is 160 Å². The fourth-order valence-electron chi connectivity index (χ4n) is 2.43. The number of halogens is 1. The molecule has 0 amide bonds. The van der Waals surface area contributed by atoms with Crippen molar-refractivity contribution in [3.63, 3.8) is 0 Å². The molecule has 0 fully saturated rings. The number of thiazole rings is 1. The number of benzene rings is 1. The van der Waals surface area contributed by atoms with Gasteiger partial charge in [0.1, 0.15) is 12.1 Å². The van der Waals surface area contributed by atoms with E-state index in [1.807, 2.05) is 29.6 Å². The largest absolute Gasteiger partial charge is 0.497 e. The fraction of sp³-hybridized carbons (Fsp3) is 0.0667. The molecule has 136 valence electrons. The van der Waals surface area contributed by atoms with Gasteiger partial charge in [-0.15, -0.1) is 16.4 Å². The molecule has 0 aliphatic heterocycles. The molecule has 27 heavy (non-hydrogen) atoms. The first-order valence-corrected chi connectivity index (χ1v) is 8.73.